The fourth-order valence-electron chi connectivity index (χ4n) is 3.28. The van der Waals surface area contributed by atoms with Crippen LogP contribution in [0.25, 0.3) is 0 Å². The first-order chi connectivity index (χ1) is 8.95. The minimum absolute atomic E-state index is 0.0218. The Morgan fingerprint density at radius 3 is 2.58 bits per heavy atom. The van der Waals surface area contributed by atoms with Crippen LogP contribution in [-0.2, 0) is 10.3 Å². The van der Waals surface area contributed by atoms with Gasteiger partial charge in [0.1, 0.15) is 11.6 Å². The highest BCUT2D eigenvalue weighted by Gasteiger charge is 2.52. The second kappa shape index (κ2) is 5.23. The maximum absolute atomic E-state index is 12.7. The second-order valence-corrected chi connectivity index (χ2v) is 5.87. The van der Waals surface area contributed by atoms with Gasteiger partial charge in [-0.2, -0.15) is 0 Å². The highest BCUT2D eigenvalue weighted by atomic mass is 35.5. The lowest BCUT2D eigenvalue weighted by molar-refractivity contribution is -0.144. The molecule has 2 rings (SSSR count). The summed E-state index contributed by atoms with van der Waals surface area (Å²) < 4.78 is 0. The van der Waals surface area contributed by atoms with Gasteiger partial charge in [-0.1, -0.05) is 43.6 Å². The summed E-state index contributed by atoms with van der Waals surface area (Å²) in [5, 5.41) is 13.8. The maximum Gasteiger partial charge on any atom is 0.186 e. The number of hydrogen-bond donors (Lipinski definition) is 2. The van der Waals surface area contributed by atoms with Crippen LogP contribution in [0.1, 0.15) is 25.8 Å². The van der Waals surface area contributed by atoms with Gasteiger partial charge in [-0.3, -0.25) is 4.79 Å². The Hall–Kier alpha value is -0.900. The lowest BCUT2D eigenvalue weighted by atomic mass is 9.64. The Kier molecular flexibility index (Phi) is 4.00. The SMILES string of the molecule is CN[C@@]1(c2ccccc2Cl)C(=O)[C@@H](O)[C@H](C)C[C@@H]1C. The highest BCUT2D eigenvalue weighted by molar-refractivity contribution is 6.31. The predicted octanol–water partition coefficient (Wildman–Crippen LogP) is 2.36. The lowest BCUT2D eigenvalue weighted by Gasteiger charge is -2.45. The zero-order valence-electron chi connectivity index (χ0n) is 11.5. The molecule has 4 atom stereocenters. The van der Waals surface area contributed by atoms with Crippen LogP contribution < -0.4 is 5.32 Å². The van der Waals surface area contributed by atoms with Crippen LogP contribution in [0, 0.1) is 11.8 Å². The van der Waals surface area contributed by atoms with E-state index in [1.165, 1.54) is 0 Å². The van der Waals surface area contributed by atoms with Gasteiger partial charge in [-0.25, -0.2) is 0 Å². The Labute approximate surface area is 119 Å². The summed E-state index contributed by atoms with van der Waals surface area (Å²) in [6, 6.07) is 7.34. The first-order valence-electron chi connectivity index (χ1n) is 6.61. The average Bonchev–Trinajstić information content (AvgIpc) is 2.39. The van der Waals surface area contributed by atoms with Gasteiger partial charge in [0.2, 0.25) is 0 Å². The third kappa shape index (κ3) is 2.10. The molecule has 0 amide bonds. The average molecular weight is 282 g/mol. The zero-order chi connectivity index (χ0) is 14.2. The van der Waals surface area contributed by atoms with Crippen molar-refractivity contribution in [3.63, 3.8) is 0 Å². The Bertz CT molecular complexity index is 491. The van der Waals surface area contributed by atoms with E-state index in [0.29, 0.717) is 5.02 Å². The maximum atomic E-state index is 12.7. The van der Waals surface area contributed by atoms with Crippen LogP contribution in [0.4, 0.5) is 0 Å². The molecular weight excluding hydrogens is 262 g/mol. The Morgan fingerprint density at radius 2 is 2.00 bits per heavy atom. The van der Waals surface area contributed by atoms with Gasteiger partial charge in [0.25, 0.3) is 0 Å². The topological polar surface area (TPSA) is 49.3 Å². The third-order valence-corrected chi connectivity index (χ3v) is 4.68. The summed E-state index contributed by atoms with van der Waals surface area (Å²) in [7, 11) is 1.75. The quantitative estimate of drug-likeness (QED) is 0.875. The lowest BCUT2D eigenvalue weighted by Crippen LogP contribution is -2.61. The minimum atomic E-state index is -0.945. The third-order valence-electron chi connectivity index (χ3n) is 4.35. The number of nitrogens with one attached hydrogen (secondary N) is 1. The molecule has 1 fully saturated rings. The monoisotopic (exact) mass is 281 g/mol. The second-order valence-electron chi connectivity index (χ2n) is 5.46. The van der Waals surface area contributed by atoms with Crippen molar-refractivity contribution < 1.29 is 9.90 Å². The summed E-state index contributed by atoms with van der Waals surface area (Å²) in [5.41, 5.74) is -0.146. The zero-order valence-corrected chi connectivity index (χ0v) is 12.2. The molecule has 1 aromatic carbocycles. The first kappa shape index (κ1) is 14.5. The van der Waals surface area contributed by atoms with Gasteiger partial charge in [-0.05, 0) is 36.9 Å². The molecule has 0 aromatic heterocycles. The summed E-state index contributed by atoms with van der Waals surface area (Å²) >= 11 is 6.27. The van der Waals surface area contributed by atoms with E-state index >= 15 is 0 Å². The molecule has 1 aliphatic carbocycles. The largest absolute Gasteiger partial charge is 0.385 e. The van der Waals surface area contributed by atoms with E-state index in [-0.39, 0.29) is 17.6 Å². The molecule has 1 saturated carbocycles. The molecule has 0 radical (unpaired) electrons. The van der Waals surface area contributed by atoms with Crippen molar-refractivity contribution in [2.75, 3.05) is 7.05 Å². The Balaban J connectivity index is 2.59. The summed E-state index contributed by atoms with van der Waals surface area (Å²) in [6.07, 6.45) is -0.168. The number of carbonyl (C=O) groups excluding carboxylic acids is 1. The molecule has 0 unspecified atom stereocenters. The van der Waals surface area contributed by atoms with Gasteiger partial charge in [0.05, 0.1) is 0 Å². The molecular formula is C15H20ClNO2. The van der Waals surface area contributed by atoms with Crippen molar-refractivity contribution in [2.24, 2.45) is 11.8 Å². The first-order valence-corrected chi connectivity index (χ1v) is 6.99. The van der Waals surface area contributed by atoms with Crippen LogP contribution in [0.3, 0.4) is 0 Å². The van der Waals surface area contributed by atoms with E-state index in [9.17, 15) is 9.90 Å². The Morgan fingerprint density at radius 1 is 1.37 bits per heavy atom. The van der Waals surface area contributed by atoms with Crippen molar-refractivity contribution in [3.05, 3.63) is 34.9 Å². The molecule has 1 aromatic rings. The van der Waals surface area contributed by atoms with Crippen molar-refractivity contribution in [3.8, 4) is 0 Å². The van der Waals surface area contributed by atoms with E-state index in [1.54, 1.807) is 13.1 Å². The molecule has 0 saturated heterocycles. The molecule has 2 N–H and O–H groups in total. The van der Waals surface area contributed by atoms with Crippen molar-refractivity contribution in [1.29, 1.82) is 0 Å². The van der Waals surface area contributed by atoms with Gasteiger partial charge in [0, 0.05) is 5.02 Å². The molecule has 0 bridgehead atoms. The molecule has 0 aliphatic heterocycles. The number of aliphatic hydroxyl groups is 1. The molecule has 0 heterocycles. The fraction of sp³-hybridized carbons (Fsp3) is 0.533. The predicted molar refractivity (Wildman–Crippen MR) is 76.1 cm³/mol. The number of halogens is 1. The van der Waals surface area contributed by atoms with Gasteiger partial charge >= 0.3 is 0 Å². The summed E-state index contributed by atoms with van der Waals surface area (Å²) in [5.74, 6) is -0.135. The summed E-state index contributed by atoms with van der Waals surface area (Å²) in [4.78, 5) is 12.7. The van der Waals surface area contributed by atoms with E-state index in [2.05, 4.69) is 5.32 Å². The highest BCUT2D eigenvalue weighted by Crippen LogP contribution is 2.43. The molecule has 3 nitrogen and oxygen atoms in total. The van der Waals surface area contributed by atoms with Gasteiger partial charge in [0.15, 0.2) is 5.78 Å². The fourth-order valence-corrected chi connectivity index (χ4v) is 3.57. The van der Waals surface area contributed by atoms with E-state index < -0.39 is 11.6 Å². The molecule has 0 spiro atoms. The van der Waals surface area contributed by atoms with E-state index in [0.717, 1.165) is 12.0 Å². The van der Waals surface area contributed by atoms with Gasteiger partial charge < -0.3 is 10.4 Å². The summed E-state index contributed by atoms with van der Waals surface area (Å²) in [6.45, 7) is 3.94. The number of benzene rings is 1. The van der Waals surface area contributed by atoms with Crippen LogP contribution in [-0.4, -0.2) is 24.0 Å². The molecule has 1 aliphatic rings. The van der Waals surface area contributed by atoms with Crippen LogP contribution >= 0.6 is 11.6 Å². The normalized spacial score (nSPS) is 35.4. The number of ketones is 1. The number of carbonyl (C=O) groups is 1. The van der Waals surface area contributed by atoms with Crippen LogP contribution in [0.15, 0.2) is 24.3 Å². The van der Waals surface area contributed by atoms with Crippen LogP contribution in [0.2, 0.25) is 5.02 Å². The molecule has 4 heteroatoms. The number of Topliss-reactive ketones (excluding diaryl/α,β-unsaturated/α-hetero) is 1. The van der Waals surface area contributed by atoms with Crippen LogP contribution in [0.5, 0.6) is 0 Å². The van der Waals surface area contributed by atoms with Crippen molar-refractivity contribution in [1.82, 2.24) is 5.32 Å². The molecule has 104 valence electrons. The van der Waals surface area contributed by atoms with Crippen molar-refractivity contribution >= 4 is 17.4 Å². The number of rotatable bonds is 2. The standard InChI is InChI=1S/C15H20ClNO2/c1-9-8-10(2)15(17-3,14(19)13(9)18)11-6-4-5-7-12(11)16/h4-7,9-10,13,17-18H,8H2,1-3H3/t9-,10+,13+,15+/m1/s1. The number of likely N-dealkylation sites (N-methyl/N-ethyl adjacent to an activating group) is 1. The minimum Gasteiger partial charge on any atom is -0.385 e. The molecule has 19 heavy (non-hydrogen) atoms. The van der Waals surface area contributed by atoms with E-state index in [1.807, 2.05) is 32.0 Å². The smallest absolute Gasteiger partial charge is 0.186 e. The van der Waals surface area contributed by atoms with E-state index in [4.69, 9.17) is 11.6 Å². The van der Waals surface area contributed by atoms with Gasteiger partial charge in [-0.15, -0.1) is 0 Å². The van der Waals surface area contributed by atoms with Crippen molar-refractivity contribution in [2.45, 2.75) is 31.9 Å². The number of hydrogen-bond acceptors (Lipinski definition) is 3. The number of aliphatic hydroxyl groups excluding tert-OH is 1.